The fourth-order valence-corrected chi connectivity index (χ4v) is 3.25. The Morgan fingerprint density at radius 2 is 2.44 bits per heavy atom. The molecule has 1 N–H and O–H groups in total. The predicted molar refractivity (Wildman–Crippen MR) is 66.0 cm³/mol. The third-order valence-electron chi connectivity index (χ3n) is 1.92. The third-order valence-corrected chi connectivity index (χ3v) is 4.02. The van der Waals surface area contributed by atoms with Crippen molar-refractivity contribution in [1.82, 2.24) is 5.32 Å². The summed E-state index contributed by atoms with van der Waals surface area (Å²) in [5.41, 5.74) is 8.07. The molecule has 0 atom stereocenters. The van der Waals surface area contributed by atoms with Crippen molar-refractivity contribution < 1.29 is 4.79 Å². The SMILES string of the molecule is [N-]=[N+]=NCCNC(=O)c1cc2sccc2s1. The van der Waals surface area contributed by atoms with E-state index in [0.29, 0.717) is 11.4 Å². The monoisotopic (exact) mass is 252 g/mol. The average Bonchev–Trinajstić information content (AvgIpc) is 2.83. The lowest BCUT2D eigenvalue weighted by atomic mass is 10.4. The summed E-state index contributed by atoms with van der Waals surface area (Å²) in [6, 6.07) is 3.88. The minimum Gasteiger partial charge on any atom is -0.351 e. The topological polar surface area (TPSA) is 77.9 Å². The summed E-state index contributed by atoms with van der Waals surface area (Å²) in [6.07, 6.45) is 0. The Labute approximate surface area is 99.3 Å². The molecule has 2 aromatic heterocycles. The standard InChI is InChI=1S/C9H8N4OS2/c10-13-12-3-2-11-9(14)8-5-7-6(16-8)1-4-15-7/h1,4-5H,2-3H2,(H,11,14). The zero-order chi connectivity index (χ0) is 11.4. The molecule has 0 spiro atoms. The minimum absolute atomic E-state index is 0.110. The molecule has 82 valence electrons. The Kier molecular flexibility index (Phi) is 3.40. The number of hydrogen-bond donors (Lipinski definition) is 1. The lowest BCUT2D eigenvalue weighted by molar-refractivity contribution is 0.0959. The van der Waals surface area contributed by atoms with Crippen molar-refractivity contribution in [3.8, 4) is 0 Å². The van der Waals surface area contributed by atoms with Gasteiger partial charge in [0.2, 0.25) is 0 Å². The molecule has 7 heteroatoms. The van der Waals surface area contributed by atoms with Crippen LogP contribution in [0.25, 0.3) is 19.8 Å². The van der Waals surface area contributed by atoms with Crippen molar-refractivity contribution in [2.24, 2.45) is 5.11 Å². The van der Waals surface area contributed by atoms with Crippen LogP contribution in [-0.4, -0.2) is 19.0 Å². The van der Waals surface area contributed by atoms with Gasteiger partial charge in [0.1, 0.15) is 0 Å². The van der Waals surface area contributed by atoms with Crippen LogP contribution in [-0.2, 0) is 0 Å². The molecule has 0 aliphatic rings. The second-order valence-electron chi connectivity index (χ2n) is 2.97. The number of rotatable bonds is 4. The summed E-state index contributed by atoms with van der Waals surface area (Å²) in [5.74, 6) is -0.110. The van der Waals surface area contributed by atoms with Gasteiger partial charge < -0.3 is 5.32 Å². The van der Waals surface area contributed by atoms with Crippen molar-refractivity contribution in [1.29, 1.82) is 0 Å². The highest BCUT2D eigenvalue weighted by atomic mass is 32.1. The van der Waals surface area contributed by atoms with Crippen LogP contribution in [0.5, 0.6) is 0 Å². The first-order valence-electron chi connectivity index (χ1n) is 4.57. The van der Waals surface area contributed by atoms with Crippen LogP contribution < -0.4 is 5.32 Å². The van der Waals surface area contributed by atoms with Crippen molar-refractivity contribution in [2.75, 3.05) is 13.1 Å². The van der Waals surface area contributed by atoms with E-state index in [9.17, 15) is 4.79 Å². The van der Waals surface area contributed by atoms with Crippen LogP contribution in [0.4, 0.5) is 0 Å². The summed E-state index contributed by atoms with van der Waals surface area (Å²) >= 11 is 3.09. The van der Waals surface area contributed by atoms with Gasteiger partial charge in [-0.15, -0.1) is 22.7 Å². The number of hydrogen-bond acceptors (Lipinski definition) is 4. The van der Waals surface area contributed by atoms with E-state index in [1.807, 2.05) is 17.5 Å². The van der Waals surface area contributed by atoms with E-state index in [4.69, 9.17) is 5.53 Å². The molecule has 16 heavy (non-hydrogen) atoms. The van der Waals surface area contributed by atoms with E-state index in [0.717, 1.165) is 9.40 Å². The molecule has 0 fully saturated rings. The molecular weight excluding hydrogens is 244 g/mol. The zero-order valence-electron chi connectivity index (χ0n) is 8.21. The van der Waals surface area contributed by atoms with Crippen molar-refractivity contribution >= 4 is 38.0 Å². The number of amides is 1. The lowest BCUT2D eigenvalue weighted by Crippen LogP contribution is -2.24. The number of carbonyl (C=O) groups is 1. The molecule has 0 bridgehead atoms. The van der Waals surface area contributed by atoms with Gasteiger partial charge in [0.25, 0.3) is 5.91 Å². The molecule has 2 heterocycles. The van der Waals surface area contributed by atoms with E-state index in [2.05, 4.69) is 15.3 Å². The number of nitrogens with one attached hydrogen (secondary N) is 1. The molecular formula is C9H8N4OS2. The van der Waals surface area contributed by atoms with Crippen LogP contribution in [0.1, 0.15) is 9.67 Å². The van der Waals surface area contributed by atoms with Gasteiger partial charge >= 0.3 is 0 Å². The van der Waals surface area contributed by atoms with Gasteiger partial charge in [-0.3, -0.25) is 4.79 Å². The highest BCUT2D eigenvalue weighted by molar-refractivity contribution is 7.27. The molecule has 2 rings (SSSR count). The second kappa shape index (κ2) is 4.98. The highest BCUT2D eigenvalue weighted by Crippen LogP contribution is 2.29. The van der Waals surface area contributed by atoms with E-state index < -0.39 is 0 Å². The number of carbonyl (C=O) groups excluding carboxylic acids is 1. The Balaban J connectivity index is 1.99. The van der Waals surface area contributed by atoms with Crippen LogP contribution in [0.3, 0.4) is 0 Å². The van der Waals surface area contributed by atoms with E-state index in [1.54, 1.807) is 11.3 Å². The maximum absolute atomic E-state index is 11.6. The molecule has 2 aromatic rings. The van der Waals surface area contributed by atoms with E-state index in [1.165, 1.54) is 11.3 Å². The number of fused-ring (bicyclic) bond motifs is 1. The molecule has 1 amide bonds. The smallest absolute Gasteiger partial charge is 0.261 e. The predicted octanol–water partition coefficient (Wildman–Crippen LogP) is 3.00. The zero-order valence-corrected chi connectivity index (χ0v) is 9.85. The summed E-state index contributed by atoms with van der Waals surface area (Å²) in [7, 11) is 0. The van der Waals surface area contributed by atoms with Crippen LogP contribution >= 0.6 is 22.7 Å². The van der Waals surface area contributed by atoms with Gasteiger partial charge in [0.05, 0.1) is 4.88 Å². The lowest BCUT2D eigenvalue weighted by Gasteiger charge is -1.98. The van der Waals surface area contributed by atoms with Gasteiger partial charge in [-0.25, -0.2) is 0 Å². The Hall–Kier alpha value is -1.56. The maximum Gasteiger partial charge on any atom is 0.261 e. The minimum atomic E-state index is -0.110. The van der Waals surface area contributed by atoms with Crippen LogP contribution in [0, 0.1) is 0 Å². The Morgan fingerprint density at radius 3 is 3.19 bits per heavy atom. The van der Waals surface area contributed by atoms with Crippen molar-refractivity contribution in [3.63, 3.8) is 0 Å². The largest absolute Gasteiger partial charge is 0.351 e. The normalized spacial score (nSPS) is 10.0. The molecule has 0 radical (unpaired) electrons. The Morgan fingerprint density at radius 1 is 1.56 bits per heavy atom. The van der Waals surface area contributed by atoms with E-state index >= 15 is 0 Å². The summed E-state index contributed by atoms with van der Waals surface area (Å²) in [5, 5.41) is 8.04. The first-order valence-corrected chi connectivity index (χ1v) is 6.27. The molecule has 5 nitrogen and oxygen atoms in total. The molecule has 0 aliphatic heterocycles. The van der Waals surface area contributed by atoms with Gasteiger partial charge in [0, 0.05) is 27.4 Å². The Bertz CT molecular complexity index is 524. The summed E-state index contributed by atoms with van der Waals surface area (Å²) in [4.78, 5) is 15.0. The fraction of sp³-hybridized carbons (Fsp3) is 0.222. The van der Waals surface area contributed by atoms with Gasteiger partial charge in [-0.2, -0.15) is 0 Å². The molecule has 0 saturated heterocycles. The molecule has 0 saturated carbocycles. The fourth-order valence-electron chi connectivity index (χ4n) is 1.23. The third kappa shape index (κ3) is 2.33. The van der Waals surface area contributed by atoms with Gasteiger partial charge in [-0.1, -0.05) is 5.11 Å². The first-order chi connectivity index (χ1) is 7.81. The van der Waals surface area contributed by atoms with Crippen LogP contribution in [0.2, 0.25) is 0 Å². The molecule has 0 aliphatic carbocycles. The van der Waals surface area contributed by atoms with Crippen LogP contribution in [0.15, 0.2) is 22.6 Å². The number of nitrogens with zero attached hydrogens (tertiary/aromatic N) is 3. The van der Waals surface area contributed by atoms with E-state index in [-0.39, 0.29) is 12.5 Å². The van der Waals surface area contributed by atoms with Crippen molar-refractivity contribution in [2.45, 2.75) is 0 Å². The highest BCUT2D eigenvalue weighted by Gasteiger charge is 2.09. The number of thiophene rings is 2. The van der Waals surface area contributed by atoms with Gasteiger partial charge in [-0.05, 0) is 23.0 Å². The molecule has 0 aromatic carbocycles. The van der Waals surface area contributed by atoms with Crippen molar-refractivity contribution in [3.05, 3.63) is 32.8 Å². The quantitative estimate of drug-likeness (QED) is 0.386. The molecule has 0 unspecified atom stereocenters. The summed E-state index contributed by atoms with van der Waals surface area (Å²) < 4.78 is 2.26. The van der Waals surface area contributed by atoms with Gasteiger partial charge in [0.15, 0.2) is 0 Å². The second-order valence-corrected chi connectivity index (χ2v) is 5.00. The first kappa shape index (κ1) is 10.9. The summed E-state index contributed by atoms with van der Waals surface area (Å²) in [6.45, 7) is 0.649. The maximum atomic E-state index is 11.6. The number of azide groups is 1. The average molecular weight is 252 g/mol.